The van der Waals surface area contributed by atoms with Crippen molar-refractivity contribution in [2.75, 3.05) is 5.73 Å². The number of para-hydroxylation sites is 1. The van der Waals surface area contributed by atoms with Crippen LogP contribution in [-0.2, 0) is 6.54 Å². The number of hydrogen-bond acceptors (Lipinski definition) is 3. The van der Waals surface area contributed by atoms with E-state index in [1.807, 2.05) is 18.2 Å². The molecule has 0 saturated carbocycles. The van der Waals surface area contributed by atoms with Gasteiger partial charge >= 0.3 is 0 Å². The van der Waals surface area contributed by atoms with Crippen molar-refractivity contribution in [3.8, 4) is 0 Å². The largest absolute Gasteiger partial charge is 0.398 e. The minimum atomic E-state index is -0.217. The first kappa shape index (κ1) is 12.6. The Bertz CT molecular complexity index is 554. The highest BCUT2D eigenvalue weighted by Crippen LogP contribution is 2.10. The molecular weight excluding hydrogens is 294 g/mol. The zero-order valence-corrected chi connectivity index (χ0v) is 11.1. The lowest BCUT2D eigenvalue weighted by atomic mass is 10.2. The predicted molar refractivity (Wildman–Crippen MR) is 74.0 cm³/mol. The molecule has 0 spiro atoms. The van der Waals surface area contributed by atoms with Crippen LogP contribution in [0.2, 0.25) is 0 Å². The minimum Gasteiger partial charge on any atom is -0.398 e. The minimum absolute atomic E-state index is 0.217. The molecule has 0 radical (unpaired) electrons. The van der Waals surface area contributed by atoms with Gasteiger partial charge in [0.2, 0.25) is 0 Å². The van der Waals surface area contributed by atoms with Gasteiger partial charge in [-0.2, -0.15) is 0 Å². The van der Waals surface area contributed by atoms with Crippen LogP contribution in [0.5, 0.6) is 0 Å². The van der Waals surface area contributed by atoms with E-state index in [1.165, 1.54) is 0 Å². The van der Waals surface area contributed by atoms with Crippen molar-refractivity contribution >= 4 is 27.5 Å². The van der Waals surface area contributed by atoms with Crippen molar-refractivity contribution in [1.29, 1.82) is 0 Å². The van der Waals surface area contributed by atoms with Crippen LogP contribution in [0.15, 0.2) is 47.1 Å². The summed E-state index contributed by atoms with van der Waals surface area (Å²) in [6, 6.07) is 10.9. The number of hydrogen-bond donors (Lipinski definition) is 2. The molecule has 0 aliphatic rings. The molecule has 5 heteroatoms. The third-order valence-corrected chi connectivity index (χ3v) is 2.92. The normalized spacial score (nSPS) is 10.1. The van der Waals surface area contributed by atoms with Crippen LogP contribution in [0.25, 0.3) is 0 Å². The fraction of sp³-hybridized carbons (Fsp3) is 0.0769. The molecule has 1 heterocycles. The van der Waals surface area contributed by atoms with Gasteiger partial charge in [-0.3, -0.25) is 4.79 Å². The van der Waals surface area contributed by atoms with Crippen molar-refractivity contribution in [3.05, 3.63) is 58.3 Å². The molecule has 0 unspecified atom stereocenters. The number of nitrogens with two attached hydrogens (primary N) is 1. The van der Waals surface area contributed by atoms with Crippen LogP contribution >= 0.6 is 15.9 Å². The molecule has 0 atom stereocenters. The molecule has 2 aromatic rings. The van der Waals surface area contributed by atoms with Crippen molar-refractivity contribution in [3.63, 3.8) is 0 Å². The summed E-state index contributed by atoms with van der Waals surface area (Å²) in [7, 11) is 0. The molecule has 0 aliphatic heterocycles. The molecule has 2 rings (SSSR count). The molecule has 18 heavy (non-hydrogen) atoms. The van der Waals surface area contributed by atoms with Gasteiger partial charge in [-0.15, -0.1) is 0 Å². The van der Waals surface area contributed by atoms with E-state index in [0.717, 1.165) is 10.0 Å². The van der Waals surface area contributed by atoms with Gasteiger partial charge in [-0.25, -0.2) is 4.98 Å². The lowest BCUT2D eigenvalue weighted by Gasteiger charge is -2.07. The first-order valence-electron chi connectivity index (χ1n) is 5.40. The summed E-state index contributed by atoms with van der Waals surface area (Å²) >= 11 is 3.27. The smallest absolute Gasteiger partial charge is 0.270 e. The zero-order valence-electron chi connectivity index (χ0n) is 9.56. The SMILES string of the molecule is Nc1ccccc1CNC(=O)c1ccc(Br)cn1. The predicted octanol–water partition coefficient (Wildman–Crippen LogP) is 2.36. The first-order chi connectivity index (χ1) is 8.66. The molecule has 1 aromatic carbocycles. The Kier molecular flexibility index (Phi) is 3.94. The van der Waals surface area contributed by atoms with Crippen LogP contribution in [0.4, 0.5) is 5.69 Å². The van der Waals surface area contributed by atoms with Gasteiger partial charge in [0.15, 0.2) is 0 Å². The number of nitrogens with zero attached hydrogens (tertiary/aromatic N) is 1. The van der Waals surface area contributed by atoms with Crippen LogP contribution in [0.1, 0.15) is 16.1 Å². The molecule has 0 bridgehead atoms. The molecular formula is C13H12BrN3O. The van der Waals surface area contributed by atoms with E-state index in [9.17, 15) is 4.79 Å². The van der Waals surface area contributed by atoms with Crippen LogP contribution in [-0.4, -0.2) is 10.9 Å². The Morgan fingerprint density at radius 3 is 2.72 bits per heavy atom. The van der Waals surface area contributed by atoms with Gasteiger partial charge in [0.05, 0.1) is 0 Å². The maximum atomic E-state index is 11.8. The standard InChI is InChI=1S/C13H12BrN3O/c14-10-5-6-12(16-8-10)13(18)17-7-9-3-1-2-4-11(9)15/h1-6,8H,7,15H2,(H,17,18). The summed E-state index contributed by atoms with van der Waals surface area (Å²) in [5.74, 6) is -0.217. The van der Waals surface area contributed by atoms with Gasteiger partial charge in [-0.05, 0) is 39.7 Å². The summed E-state index contributed by atoms with van der Waals surface area (Å²) in [6.07, 6.45) is 1.59. The maximum Gasteiger partial charge on any atom is 0.270 e. The first-order valence-corrected chi connectivity index (χ1v) is 6.19. The van der Waals surface area contributed by atoms with E-state index in [-0.39, 0.29) is 5.91 Å². The number of benzene rings is 1. The third kappa shape index (κ3) is 3.07. The van der Waals surface area contributed by atoms with E-state index in [1.54, 1.807) is 24.4 Å². The summed E-state index contributed by atoms with van der Waals surface area (Å²) in [5.41, 5.74) is 7.73. The Balaban J connectivity index is 2.01. The zero-order chi connectivity index (χ0) is 13.0. The summed E-state index contributed by atoms with van der Waals surface area (Å²) in [5, 5.41) is 2.78. The molecule has 1 aromatic heterocycles. The fourth-order valence-electron chi connectivity index (χ4n) is 1.47. The van der Waals surface area contributed by atoms with E-state index >= 15 is 0 Å². The van der Waals surface area contributed by atoms with Gasteiger partial charge in [0.1, 0.15) is 5.69 Å². The highest BCUT2D eigenvalue weighted by atomic mass is 79.9. The molecule has 1 amide bonds. The van der Waals surface area contributed by atoms with Crippen molar-refractivity contribution < 1.29 is 4.79 Å². The second-order valence-corrected chi connectivity index (χ2v) is 4.66. The number of anilines is 1. The Morgan fingerprint density at radius 2 is 2.06 bits per heavy atom. The second kappa shape index (κ2) is 5.64. The van der Waals surface area contributed by atoms with E-state index in [2.05, 4.69) is 26.2 Å². The summed E-state index contributed by atoms with van der Waals surface area (Å²) in [6.45, 7) is 0.392. The monoisotopic (exact) mass is 305 g/mol. The second-order valence-electron chi connectivity index (χ2n) is 3.74. The Morgan fingerprint density at radius 1 is 1.28 bits per heavy atom. The quantitative estimate of drug-likeness (QED) is 0.855. The number of amides is 1. The van der Waals surface area contributed by atoms with Crippen LogP contribution < -0.4 is 11.1 Å². The number of rotatable bonds is 3. The Hall–Kier alpha value is -1.88. The van der Waals surface area contributed by atoms with Gasteiger partial charge in [0.25, 0.3) is 5.91 Å². The number of halogens is 1. The van der Waals surface area contributed by atoms with Crippen molar-refractivity contribution in [2.45, 2.75) is 6.54 Å². The van der Waals surface area contributed by atoms with Crippen LogP contribution in [0.3, 0.4) is 0 Å². The molecule has 3 N–H and O–H groups in total. The number of carbonyl (C=O) groups is 1. The number of aromatic nitrogens is 1. The molecule has 0 aliphatic carbocycles. The van der Waals surface area contributed by atoms with E-state index < -0.39 is 0 Å². The van der Waals surface area contributed by atoms with Crippen molar-refractivity contribution in [1.82, 2.24) is 10.3 Å². The molecule has 92 valence electrons. The summed E-state index contributed by atoms with van der Waals surface area (Å²) < 4.78 is 0.839. The average Bonchev–Trinajstić information content (AvgIpc) is 2.38. The highest BCUT2D eigenvalue weighted by molar-refractivity contribution is 9.10. The van der Waals surface area contributed by atoms with Gasteiger partial charge in [-0.1, -0.05) is 18.2 Å². The molecule has 0 saturated heterocycles. The lowest BCUT2D eigenvalue weighted by Crippen LogP contribution is -2.24. The fourth-order valence-corrected chi connectivity index (χ4v) is 1.71. The molecule has 0 fully saturated rings. The average molecular weight is 306 g/mol. The topological polar surface area (TPSA) is 68.0 Å². The van der Waals surface area contributed by atoms with Crippen molar-refractivity contribution in [2.24, 2.45) is 0 Å². The third-order valence-electron chi connectivity index (χ3n) is 2.45. The summed E-state index contributed by atoms with van der Waals surface area (Å²) in [4.78, 5) is 15.8. The van der Waals surface area contributed by atoms with E-state index in [4.69, 9.17) is 5.73 Å². The number of nitrogen functional groups attached to an aromatic ring is 1. The lowest BCUT2D eigenvalue weighted by molar-refractivity contribution is 0.0946. The van der Waals surface area contributed by atoms with Gasteiger partial charge in [0, 0.05) is 22.9 Å². The number of carbonyl (C=O) groups excluding carboxylic acids is 1. The Labute approximate surface area is 113 Å². The number of nitrogens with one attached hydrogen (secondary N) is 1. The molecule has 4 nitrogen and oxygen atoms in total. The maximum absolute atomic E-state index is 11.8. The van der Waals surface area contributed by atoms with Crippen LogP contribution in [0, 0.1) is 0 Å². The van der Waals surface area contributed by atoms with E-state index in [0.29, 0.717) is 17.9 Å². The van der Waals surface area contributed by atoms with Gasteiger partial charge < -0.3 is 11.1 Å². The number of pyridine rings is 1. The highest BCUT2D eigenvalue weighted by Gasteiger charge is 2.07.